The Morgan fingerprint density at radius 1 is 1.35 bits per heavy atom. The number of carbonyl (C=O) groups excluding carboxylic acids is 1. The zero-order chi connectivity index (χ0) is 19.3. The number of hydrogen-bond acceptors (Lipinski definition) is 4. The van der Waals surface area contributed by atoms with Gasteiger partial charge in [0.1, 0.15) is 5.60 Å². The molecule has 4 nitrogen and oxygen atoms in total. The summed E-state index contributed by atoms with van der Waals surface area (Å²) in [6.07, 6.45) is 6.40. The van der Waals surface area contributed by atoms with Gasteiger partial charge >= 0.3 is 5.97 Å². The number of aliphatic hydroxyl groups excluding tert-OH is 1. The van der Waals surface area contributed by atoms with E-state index in [1.165, 1.54) is 6.92 Å². The highest BCUT2D eigenvalue weighted by Gasteiger charge is 2.62. The summed E-state index contributed by atoms with van der Waals surface area (Å²) in [5, 5.41) is 22.0. The van der Waals surface area contributed by atoms with Crippen molar-refractivity contribution in [2.75, 3.05) is 6.61 Å². The van der Waals surface area contributed by atoms with Gasteiger partial charge < -0.3 is 14.9 Å². The summed E-state index contributed by atoms with van der Waals surface area (Å²) in [7, 11) is 0. The van der Waals surface area contributed by atoms with Crippen molar-refractivity contribution < 1.29 is 19.7 Å². The molecule has 0 heterocycles. The SMILES string of the molecule is C=C[C@@]1(O)CC[C@H]2[C@@H](CC(O)C3[C@](C)(COC(C)=O)CCC[C@@]32C)C1=C. The molecule has 146 valence electrons. The number of aliphatic hydroxyl groups is 2. The molecule has 7 atom stereocenters. The Bertz CT molecular complexity index is 613. The minimum atomic E-state index is -1.01. The maximum atomic E-state index is 11.4. The van der Waals surface area contributed by atoms with E-state index in [4.69, 9.17) is 4.74 Å². The maximum Gasteiger partial charge on any atom is 0.302 e. The molecule has 0 bridgehead atoms. The fourth-order valence-electron chi connectivity index (χ4n) is 6.76. The molecule has 3 saturated carbocycles. The molecule has 2 unspecified atom stereocenters. The van der Waals surface area contributed by atoms with Gasteiger partial charge in [-0.05, 0) is 60.8 Å². The highest BCUT2D eigenvalue weighted by molar-refractivity contribution is 5.65. The van der Waals surface area contributed by atoms with Crippen LogP contribution in [0.25, 0.3) is 0 Å². The van der Waals surface area contributed by atoms with E-state index in [0.29, 0.717) is 25.4 Å². The van der Waals surface area contributed by atoms with E-state index < -0.39 is 11.7 Å². The van der Waals surface area contributed by atoms with Crippen molar-refractivity contribution in [1.82, 2.24) is 0 Å². The molecule has 0 saturated heterocycles. The average molecular weight is 363 g/mol. The highest BCUT2D eigenvalue weighted by Crippen LogP contribution is 2.65. The Labute approximate surface area is 157 Å². The largest absolute Gasteiger partial charge is 0.465 e. The zero-order valence-corrected chi connectivity index (χ0v) is 16.5. The molecule has 2 N–H and O–H groups in total. The molecule has 3 fully saturated rings. The van der Waals surface area contributed by atoms with Gasteiger partial charge in [-0.3, -0.25) is 4.79 Å². The topological polar surface area (TPSA) is 66.8 Å². The molecular weight excluding hydrogens is 328 g/mol. The summed E-state index contributed by atoms with van der Waals surface area (Å²) < 4.78 is 5.41. The molecule has 0 aromatic carbocycles. The minimum Gasteiger partial charge on any atom is -0.465 e. The Morgan fingerprint density at radius 2 is 2.04 bits per heavy atom. The molecule has 3 aliphatic carbocycles. The van der Waals surface area contributed by atoms with Gasteiger partial charge in [-0.25, -0.2) is 0 Å². The number of fused-ring (bicyclic) bond motifs is 3. The van der Waals surface area contributed by atoms with Gasteiger partial charge in [-0.2, -0.15) is 0 Å². The minimum absolute atomic E-state index is 0.0408. The first-order chi connectivity index (χ1) is 12.1. The van der Waals surface area contributed by atoms with Crippen molar-refractivity contribution in [2.45, 2.75) is 71.0 Å². The molecule has 3 aliphatic rings. The number of rotatable bonds is 3. The van der Waals surface area contributed by atoms with Crippen molar-refractivity contribution in [3.05, 3.63) is 24.8 Å². The summed E-state index contributed by atoms with van der Waals surface area (Å²) in [5.41, 5.74) is -0.452. The average Bonchev–Trinajstić information content (AvgIpc) is 2.56. The zero-order valence-electron chi connectivity index (χ0n) is 16.5. The van der Waals surface area contributed by atoms with Crippen LogP contribution in [0.3, 0.4) is 0 Å². The molecule has 26 heavy (non-hydrogen) atoms. The van der Waals surface area contributed by atoms with Crippen LogP contribution in [0.4, 0.5) is 0 Å². The van der Waals surface area contributed by atoms with Crippen molar-refractivity contribution in [2.24, 2.45) is 28.6 Å². The van der Waals surface area contributed by atoms with Crippen molar-refractivity contribution in [1.29, 1.82) is 0 Å². The lowest BCUT2D eigenvalue weighted by atomic mass is 9.42. The van der Waals surface area contributed by atoms with E-state index in [0.717, 1.165) is 31.3 Å². The van der Waals surface area contributed by atoms with E-state index >= 15 is 0 Å². The van der Waals surface area contributed by atoms with E-state index in [9.17, 15) is 15.0 Å². The standard InChI is InChI=1S/C22H34O4/c1-6-22(25)11-8-17-16(14(22)2)12-18(24)19-20(4,13-26-15(3)23)9-7-10-21(17,19)5/h6,16-19,24-25H,1-2,7-13H2,3-5H3/t16-,17-,18?,19?,20-,21+,22+/m0/s1. The first kappa shape index (κ1) is 19.6. The van der Waals surface area contributed by atoms with Crippen LogP contribution in [-0.2, 0) is 9.53 Å². The van der Waals surface area contributed by atoms with Crippen LogP contribution in [0.2, 0.25) is 0 Å². The van der Waals surface area contributed by atoms with E-state index in [-0.39, 0.29) is 28.6 Å². The lowest BCUT2D eigenvalue weighted by Gasteiger charge is -2.63. The maximum absolute atomic E-state index is 11.4. The normalized spacial score (nSPS) is 48.3. The van der Waals surface area contributed by atoms with E-state index in [1.54, 1.807) is 6.08 Å². The summed E-state index contributed by atoms with van der Waals surface area (Å²) in [4.78, 5) is 11.4. The highest BCUT2D eigenvalue weighted by atomic mass is 16.5. The predicted octanol–water partition coefficient (Wildman–Crippen LogP) is 3.63. The summed E-state index contributed by atoms with van der Waals surface area (Å²) >= 11 is 0. The fraction of sp³-hybridized carbons (Fsp3) is 0.773. The van der Waals surface area contributed by atoms with Crippen molar-refractivity contribution in [3.63, 3.8) is 0 Å². The van der Waals surface area contributed by atoms with Crippen molar-refractivity contribution in [3.8, 4) is 0 Å². The molecule has 0 aliphatic heterocycles. The van der Waals surface area contributed by atoms with Crippen LogP contribution < -0.4 is 0 Å². The molecule has 0 amide bonds. The Balaban J connectivity index is 1.94. The van der Waals surface area contributed by atoms with Gasteiger partial charge in [0.2, 0.25) is 0 Å². The first-order valence-electron chi connectivity index (χ1n) is 9.94. The Morgan fingerprint density at radius 3 is 2.65 bits per heavy atom. The number of hydrogen-bond donors (Lipinski definition) is 2. The Hall–Kier alpha value is -1.13. The van der Waals surface area contributed by atoms with E-state index in [2.05, 4.69) is 27.0 Å². The van der Waals surface area contributed by atoms with Crippen LogP contribution in [0.1, 0.15) is 59.3 Å². The molecule has 0 aromatic heterocycles. The van der Waals surface area contributed by atoms with Crippen LogP contribution in [0.5, 0.6) is 0 Å². The molecule has 4 heteroatoms. The summed E-state index contributed by atoms with van der Waals surface area (Å²) in [6, 6.07) is 0. The van der Waals surface area contributed by atoms with Crippen LogP contribution in [-0.4, -0.2) is 34.5 Å². The van der Waals surface area contributed by atoms with Gasteiger partial charge in [0, 0.05) is 12.3 Å². The second-order valence-electron chi connectivity index (χ2n) is 9.48. The summed E-state index contributed by atoms with van der Waals surface area (Å²) in [6.45, 7) is 14.3. The van der Waals surface area contributed by atoms with Gasteiger partial charge in [0.25, 0.3) is 0 Å². The monoisotopic (exact) mass is 362 g/mol. The third kappa shape index (κ3) is 2.86. The summed E-state index contributed by atoms with van der Waals surface area (Å²) in [5.74, 6) is 0.329. The van der Waals surface area contributed by atoms with Gasteiger partial charge in [-0.1, -0.05) is 39.5 Å². The molecule has 3 rings (SSSR count). The van der Waals surface area contributed by atoms with Crippen LogP contribution in [0.15, 0.2) is 24.8 Å². The lowest BCUT2D eigenvalue weighted by Crippen LogP contribution is -2.61. The second kappa shape index (κ2) is 6.49. The molecule has 0 radical (unpaired) electrons. The Kier molecular flexibility index (Phi) is 4.90. The number of carbonyl (C=O) groups is 1. The van der Waals surface area contributed by atoms with Gasteiger partial charge in [-0.15, -0.1) is 0 Å². The van der Waals surface area contributed by atoms with E-state index in [1.807, 2.05) is 0 Å². The predicted molar refractivity (Wildman–Crippen MR) is 101 cm³/mol. The number of esters is 1. The second-order valence-corrected chi connectivity index (χ2v) is 9.48. The third-order valence-electron chi connectivity index (χ3n) is 7.92. The van der Waals surface area contributed by atoms with Crippen molar-refractivity contribution >= 4 is 5.97 Å². The molecular formula is C22H34O4. The number of ether oxygens (including phenoxy) is 1. The lowest BCUT2D eigenvalue weighted by molar-refractivity contribution is -0.189. The van der Waals surface area contributed by atoms with Gasteiger partial charge in [0.05, 0.1) is 12.7 Å². The molecule has 0 spiro atoms. The van der Waals surface area contributed by atoms with Crippen LogP contribution in [0, 0.1) is 28.6 Å². The van der Waals surface area contributed by atoms with Crippen LogP contribution >= 0.6 is 0 Å². The quantitative estimate of drug-likeness (QED) is 0.594. The third-order valence-corrected chi connectivity index (χ3v) is 7.92. The van der Waals surface area contributed by atoms with Gasteiger partial charge in [0.15, 0.2) is 0 Å². The first-order valence-corrected chi connectivity index (χ1v) is 9.94. The molecule has 0 aromatic rings. The fourth-order valence-corrected chi connectivity index (χ4v) is 6.76. The smallest absolute Gasteiger partial charge is 0.302 e.